The van der Waals surface area contributed by atoms with Crippen molar-refractivity contribution in [3.63, 3.8) is 0 Å². The van der Waals surface area contributed by atoms with Crippen LogP contribution in [0.15, 0.2) is 66.5 Å². The number of hydrogen-bond donors (Lipinski definition) is 1. The minimum Gasteiger partial charge on any atom is -0.346 e. The number of rotatable bonds is 10. The van der Waals surface area contributed by atoms with Crippen molar-refractivity contribution in [3.8, 4) is 0 Å². The molecule has 35 heavy (non-hydrogen) atoms. The molecule has 4 aromatic rings. The molecule has 1 aromatic carbocycles. The van der Waals surface area contributed by atoms with Crippen LogP contribution in [0, 0.1) is 0 Å². The summed E-state index contributed by atoms with van der Waals surface area (Å²) in [5, 5.41) is 21.3. The van der Waals surface area contributed by atoms with E-state index in [1.54, 1.807) is 12.4 Å². The molecule has 0 atom stereocenters. The molecule has 0 radical (unpaired) electrons. The molecule has 0 bridgehead atoms. The third-order valence-corrected chi connectivity index (χ3v) is 6.90. The van der Waals surface area contributed by atoms with Crippen molar-refractivity contribution in [2.75, 3.05) is 0 Å². The molecule has 0 fully saturated rings. The van der Waals surface area contributed by atoms with Gasteiger partial charge in [0.25, 0.3) is 5.91 Å². The summed E-state index contributed by atoms with van der Waals surface area (Å²) in [6.45, 7) is 0.445. The van der Waals surface area contributed by atoms with E-state index < -0.39 is 0 Å². The van der Waals surface area contributed by atoms with Crippen LogP contribution in [-0.2, 0) is 32.2 Å². The van der Waals surface area contributed by atoms with Crippen molar-refractivity contribution < 1.29 is 4.79 Å². The van der Waals surface area contributed by atoms with E-state index in [0.29, 0.717) is 11.6 Å². The normalized spacial score (nSPS) is 12.3. The predicted molar refractivity (Wildman–Crippen MR) is 136 cm³/mol. The molecule has 176 valence electrons. The quantitative estimate of drug-likeness (QED) is 0.337. The third-order valence-electron chi connectivity index (χ3n) is 5.92. The van der Waals surface area contributed by atoms with Gasteiger partial charge in [0.05, 0.1) is 11.4 Å². The Balaban J connectivity index is 1.07. The summed E-state index contributed by atoms with van der Waals surface area (Å²) in [5.41, 5.74) is 7.00. The maximum atomic E-state index is 12.3. The number of carbonyl (C=O) groups is 1. The average Bonchev–Trinajstić information content (AvgIpc) is 3.53. The molecule has 0 spiro atoms. The van der Waals surface area contributed by atoms with Gasteiger partial charge in [-0.25, -0.2) is 0 Å². The smallest absolute Gasteiger partial charge is 0.282 e. The summed E-state index contributed by atoms with van der Waals surface area (Å²) >= 11 is 1.36. The number of nitrogens with zero attached hydrogens (tertiary/aromatic N) is 5. The number of benzene rings is 1. The van der Waals surface area contributed by atoms with Crippen LogP contribution in [0.25, 0.3) is 6.08 Å². The highest BCUT2D eigenvalue weighted by molar-refractivity contribution is 7.13. The lowest BCUT2D eigenvalue weighted by atomic mass is 10.0. The van der Waals surface area contributed by atoms with E-state index in [2.05, 4.69) is 67.1 Å². The van der Waals surface area contributed by atoms with Crippen molar-refractivity contribution in [3.05, 3.63) is 105 Å². The molecule has 0 saturated carbocycles. The maximum absolute atomic E-state index is 12.3. The van der Waals surface area contributed by atoms with Gasteiger partial charge in [0, 0.05) is 31.8 Å². The third kappa shape index (κ3) is 6.22. The van der Waals surface area contributed by atoms with Crippen LogP contribution in [0.4, 0.5) is 0 Å². The number of aromatic nitrogens is 5. The van der Waals surface area contributed by atoms with Gasteiger partial charge in [-0.2, -0.15) is 10.2 Å². The van der Waals surface area contributed by atoms with E-state index in [9.17, 15) is 4.79 Å². The van der Waals surface area contributed by atoms with Crippen molar-refractivity contribution in [1.82, 2.24) is 30.7 Å². The van der Waals surface area contributed by atoms with Gasteiger partial charge in [-0.1, -0.05) is 53.3 Å². The second kappa shape index (κ2) is 11.1. The van der Waals surface area contributed by atoms with Crippen molar-refractivity contribution in [2.45, 2.75) is 45.1 Å². The first-order chi connectivity index (χ1) is 17.2. The number of pyridine rings is 1. The van der Waals surface area contributed by atoms with E-state index in [-0.39, 0.29) is 5.91 Å². The highest BCUT2D eigenvalue weighted by Gasteiger charge is 2.16. The molecular formula is C27H26N6OS. The first-order valence-electron chi connectivity index (χ1n) is 11.8. The number of hydrogen-bond acceptors (Lipinski definition) is 7. The van der Waals surface area contributed by atoms with E-state index >= 15 is 0 Å². The van der Waals surface area contributed by atoms with Crippen LogP contribution < -0.4 is 5.32 Å². The van der Waals surface area contributed by atoms with Crippen LogP contribution >= 0.6 is 11.3 Å². The minimum atomic E-state index is -0.196. The molecule has 7 nitrogen and oxygen atoms in total. The van der Waals surface area contributed by atoms with E-state index in [4.69, 9.17) is 0 Å². The molecule has 0 aliphatic heterocycles. The van der Waals surface area contributed by atoms with Gasteiger partial charge < -0.3 is 5.32 Å². The number of nitrogens with one attached hydrogen (secondary N) is 1. The summed E-state index contributed by atoms with van der Waals surface area (Å²) in [4.78, 5) is 16.3. The standard InChI is InChI=1S/C27H26N6OS/c34-26(29-18-20-10-12-28-13-11-20)27-33-32-25(35-27)9-5-4-8-23-17-22-15-21(16-24(22)31-30-23)14-19-6-2-1-3-7-19/h1-3,6-7,10-13,15,17H,4-5,8-9,14,16,18H2,(H,29,34). The number of fused-ring (bicyclic) bond motifs is 1. The maximum Gasteiger partial charge on any atom is 0.282 e. The van der Waals surface area contributed by atoms with Crippen LogP contribution in [0.5, 0.6) is 0 Å². The number of allylic oxidation sites excluding steroid dienone is 1. The largest absolute Gasteiger partial charge is 0.346 e. The minimum absolute atomic E-state index is 0.196. The monoisotopic (exact) mass is 482 g/mol. The Bertz CT molecular complexity index is 1320. The van der Waals surface area contributed by atoms with Crippen LogP contribution in [0.2, 0.25) is 0 Å². The lowest BCUT2D eigenvalue weighted by Crippen LogP contribution is -2.22. The van der Waals surface area contributed by atoms with Crippen molar-refractivity contribution >= 4 is 23.3 Å². The molecule has 8 heteroatoms. The fourth-order valence-electron chi connectivity index (χ4n) is 4.10. The molecular weight excluding hydrogens is 456 g/mol. The average molecular weight is 483 g/mol. The number of unbranched alkanes of at least 4 members (excludes halogenated alkanes) is 1. The van der Waals surface area contributed by atoms with Crippen LogP contribution in [0.1, 0.15) is 55.7 Å². The Hall–Kier alpha value is -3.78. The van der Waals surface area contributed by atoms with Gasteiger partial charge in [-0.15, -0.1) is 10.2 Å². The molecule has 1 aliphatic rings. The van der Waals surface area contributed by atoms with E-state index in [1.165, 1.54) is 28.0 Å². The molecule has 1 aliphatic carbocycles. The zero-order valence-corrected chi connectivity index (χ0v) is 20.2. The zero-order chi connectivity index (χ0) is 23.9. The Morgan fingerprint density at radius 1 is 0.914 bits per heavy atom. The Morgan fingerprint density at radius 2 is 1.74 bits per heavy atom. The number of carbonyl (C=O) groups excluding carboxylic acids is 1. The van der Waals surface area contributed by atoms with E-state index in [0.717, 1.165) is 60.5 Å². The molecule has 1 N–H and O–H groups in total. The second-order valence-electron chi connectivity index (χ2n) is 8.63. The molecule has 0 unspecified atom stereocenters. The van der Waals surface area contributed by atoms with Gasteiger partial charge in [0.2, 0.25) is 5.01 Å². The number of amides is 1. The summed E-state index contributed by atoms with van der Waals surface area (Å²) in [6, 6.07) is 16.5. The topological polar surface area (TPSA) is 93.6 Å². The van der Waals surface area contributed by atoms with Gasteiger partial charge >= 0.3 is 0 Å². The van der Waals surface area contributed by atoms with Crippen molar-refractivity contribution in [2.24, 2.45) is 0 Å². The lowest BCUT2D eigenvalue weighted by molar-refractivity contribution is 0.0950. The predicted octanol–water partition coefficient (Wildman–Crippen LogP) is 4.40. The fourth-order valence-corrected chi connectivity index (χ4v) is 4.90. The lowest BCUT2D eigenvalue weighted by Gasteiger charge is -2.03. The summed E-state index contributed by atoms with van der Waals surface area (Å²) in [5.74, 6) is -0.196. The molecule has 1 amide bonds. The molecule has 3 aromatic heterocycles. The molecule has 3 heterocycles. The number of aryl methyl sites for hydroxylation is 2. The van der Waals surface area contributed by atoms with Gasteiger partial charge in [-0.05, 0) is 60.6 Å². The van der Waals surface area contributed by atoms with Gasteiger partial charge in [0.1, 0.15) is 5.01 Å². The highest BCUT2D eigenvalue weighted by atomic mass is 32.1. The first-order valence-corrected chi connectivity index (χ1v) is 12.6. The van der Waals surface area contributed by atoms with Gasteiger partial charge in [0.15, 0.2) is 0 Å². The van der Waals surface area contributed by atoms with E-state index in [1.807, 2.05) is 18.2 Å². The van der Waals surface area contributed by atoms with Crippen LogP contribution in [0.3, 0.4) is 0 Å². The van der Waals surface area contributed by atoms with Gasteiger partial charge in [-0.3, -0.25) is 9.78 Å². The highest BCUT2D eigenvalue weighted by Crippen LogP contribution is 2.26. The van der Waals surface area contributed by atoms with Crippen LogP contribution in [-0.4, -0.2) is 31.3 Å². The van der Waals surface area contributed by atoms with Crippen molar-refractivity contribution in [1.29, 1.82) is 0 Å². The fraction of sp³-hybridized carbons (Fsp3) is 0.259. The first kappa shape index (κ1) is 23.0. The zero-order valence-electron chi connectivity index (χ0n) is 19.4. The second-order valence-corrected chi connectivity index (χ2v) is 9.69. The summed E-state index contributed by atoms with van der Waals surface area (Å²) in [7, 11) is 0. The molecule has 0 saturated heterocycles. The summed E-state index contributed by atoms with van der Waals surface area (Å²) < 4.78 is 0. The Morgan fingerprint density at radius 3 is 2.60 bits per heavy atom. The Kier molecular flexibility index (Phi) is 7.29. The molecule has 5 rings (SSSR count). The Labute approximate surface area is 208 Å². The SMILES string of the molecule is O=C(NCc1ccncc1)c1nnc(CCCCc2cc3c(nn2)CC(Cc2ccccc2)=C3)s1. The summed E-state index contributed by atoms with van der Waals surface area (Å²) in [6.07, 6.45) is 11.1.